The first kappa shape index (κ1) is 18.9. The van der Waals surface area contributed by atoms with E-state index >= 15 is 0 Å². The summed E-state index contributed by atoms with van der Waals surface area (Å²) in [5.74, 6) is 2.72. The molecule has 0 spiro atoms. The zero-order valence-electron chi connectivity index (χ0n) is 16.9. The van der Waals surface area contributed by atoms with Crippen LogP contribution in [0, 0.1) is 17.8 Å². The summed E-state index contributed by atoms with van der Waals surface area (Å²) in [5.41, 5.74) is 2.25. The molecule has 4 heteroatoms. The lowest BCUT2D eigenvalue weighted by Gasteiger charge is -2.36. The third-order valence-electron chi connectivity index (χ3n) is 6.08. The number of para-hydroxylation sites is 2. The van der Waals surface area contributed by atoms with Crippen LogP contribution in [0.15, 0.2) is 24.3 Å². The van der Waals surface area contributed by atoms with E-state index in [1.54, 1.807) is 0 Å². The van der Waals surface area contributed by atoms with E-state index in [1.807, 2.05) is 12.1 Å². The lowest BCUT2D eigenvalue weighted by molar-refractivity contribution is -0.653. The van der Waals surface area contributed by atoms with Crippen LogP contribution in [0.25, 0.3) is 11.0 Å². The number of nitrogens with zero attached hydrogens (tertiary/aromatic N) is 2. The minimum atomic E-state index is -0.106. The highest BCUT2D eigenvalue weighted by Gasteiger charge is 2.34. The third kappa shape index (κ3) is 3.65. The highest BCUT2D eigenvalue weighted by atomic mass is 16.5. The quantitative estimate of drug-likeness (QED) is 0.598. The van der Waals surface area contributed by atoms with Crippen LogP contribution in [-0.2, 0) is 29.5 Å². The Morgan fingerprint density at radius 3 is 2.73 bits per heavy atom. The molecule has 1 aliphatic rings. The van der Waals surface area contributed by atoms with Gasteiger partial charge in [0.1, 0.15) is 6.10 Å². The maximum Gasteiger partial charge on any atom is 0.348 e. The average Bonchev–Trinajstić information content (AvgIpc) is 2.86. The number of imidazole rings is 1. The van der Waals surface area contributed by atoms with Gasteiger partial charge in [0.25, 0.3) is 5.82 Å². The number of hydrogen-bond acceptors (Lipinski definition) is 2. The third-order valence-corrected chi connectivity index (χ3v) is 6.08. The molecule has 2 aromatic rings. The van der Waals surface area contributed by atoms with Crippen LogP contribution in [0.2, 0.25) is 0 Å². The molecular formula is C22H33N2O2+. The van der Waals surface area contributed by atoms with Crippen molar-refractivity contribution in [1.29, 1.82) is 0 Å². The van der Waals surface area contributed by atoms with Crippen molar-refractivity contribution in [3.63, 3.8) is 0 Å². The van der Waals surface area contributed by atoms with Crippen LogP contribution in [-0.4, -0.2) is 16.6 Å². The number of carbonyl (C=O) groups is 1. The number of aryl methyl sites for hydroxylation is 1. The molecule has 4 nitrogen and oxygen atoms in total. The molecule has 1 heterocycles. The maximum absolute atomic E-state index is 12.8. The first-order chi connectivity index (χ1) is 12.4. The van der Waals surface area contributed by atoms with Gasteiger partial charge in [-0.25, -0.2) is 13.9 Å². The van der Waals surface area contributed by atoms with E-state index in [4.69, 9.17) is 4.74 Å². The molecule has 0 amide bonds. The van der Waals surface area contributed by atoms with Gasteiger partial charge >= 0.3 is 5.97 Å². The van der Waals surface area contributed by atoms with E-state index < -0.39 is 0 Å². The Morgan fingerprint density at radius 2 is 2.04 bits per heavy atom. The monoisotopic (exact) mass is 357 g/mol. The average molecular weight is 358 g/mol. The molecule has 0 N–H and O–H groups in total. The predicted molar refractivity (Wildman–Crippen MR) is 104 cm³/mol. The largest absolute Gasteiger partial charge is 0.459 e. The van der Waals surface area contributed by atoms with E-state index in [-0.39, 0.29) is 12.1 Å². The Bertz CT molecular complexity index is 778. The van der Waals surface area contributed by atoms with E-state index in [2.05, 4.69) is 56.0 Å². The van der Waals surface area contributed by atoms with Gasteiger partial charge in [-0.3, -0.25) is 0 Å². The fourth-order valence-electron chi connectivity index (χ4n) is 4.63. The summed E-state index contributed by atoms with van der Waals surface area (Å²) in [6.45, 7) is 9.19. The predicted octanol–water partition coefficient (Wildman–Crippen LogP) is 4.03. The number of aromatic nitrogens is 2. The molecule has 1 fully saturated rings. The van der Waals surface area contributed by atoms with E-state index in [0.29, 0.717) is 24.3 Å². The molecule has 1 aromatic heterocycles. The number of hydrogen-bond donors (Lipinski definition) is 0. The molecule has 0 saturated heterocycles. The summed E-state index contributed by atoms with van der Waals surface area (Å²) in [6, 6.07) is 8.26. The van der Waals surface area contributed by atoms with E-state index in [0.717, 1.165) is 29.7 Å². The topological polar surface area (TPSA) is 35.1 Å². The molecule has 3 rings (SSSR count). The van der Waals surface area contributed by atoms with Crippen LogP contribution in [0.1, 0.15) is 52.8 Å². The molecule has 3 atom stereocenters. The van der Waals surface area contributed by atoms with Crippen molar-refractivity contribution in [1.82, 2.24) is 4.57 Å². The highest BCUT2D eigenvalue weighted by Crippen LogP contribution is 2.35. The first-order valence-corrected chi connectivity index (χ1v) is 10.1. The van der Waals surface area contributed by atoms with Crippen molar-refractivity contribution in [2.75, 3.05) is 0 Å². The van der Waals surface area contributed by atoms with Gasteiger partial charge in [0, 0.05) is 6.42 Å². The lowest BCUT2D eigenvalue weighted by atomic mass is 9.75. The number of esters is 1. The first-order valence-electron chi connectivity index (χ1n) is 10.1. The number of ether oxygens (including phenoxy) is 1. The van der Waals surface area contributed by atoms with Crippen molar-refractivity contribution in [2.24, 2.45) is 24.8 Å². The van der Waals surface area contributed by atoms with Gasteiger partial charge in [-0.05, 0) is 42.7 Å². The second kappa shape index (κ2) is 7.81. The SMILES string of the molecule is CCc1n(CC(=O)O[C@@H]2C[C@H](C)CC[C@@H]2C(C)C)c2ccccc2[n+]1C. The molecule has 0 radical (unpaired) electrons. The minimum Gasteiger partial charge on any atom is -0.459 e. The summed E-state index contributed by atoms with van der Waals surface area (Å²) in [7, 11) is 2.07. The van der Waals surface area contributed by atoms with Crippen molar-refractivity contribution in [3.05, 3.63) is 30.1 Å². The molecule has 1 aliphatic carbocycles. The van der Waals surface area contributed by atoms with Crippen LogP contribution in [0.5, 0.6) is 0 Å². The van der Waals surface area contributed by atoms with Crippen molar-refractivity contribution >= 4 is 17.0 Å². The molecule has 0 bridgehead atoms. The lowest BCUT2D eigenvalue weighted by Crippen LogP contribution is -2.37. The van der Waals surface area contributed by atoms with Crippen LogP contribution >= 0.6 is 0 Å². The van der Waals surface area contributed by atoms with Crippen molar-refractivity contribution in [2.45, 2.75) is 66.0 Å². The zero-order valence-corrected chi connectivity index (χ0v) is 16.9. The van der Waals surface area contributed by atoms with Crippen LogP contribution < -0.4 is 4.57 Å². The highest BCUT2D eigenvalue weighted by molar-refractivity contribution is 5.76. The van der Waals surface area contributed by atoms with Gasteiger partial charge in [0.2, 0.25) is 0 Å². The molecule has 1 aromatic carbocycles. The van der Waals surface area contributed by atoms with Gasteiger partial charge in [-0.15, -0.1) is 0 Å². The Morgan fingerprint density at radius 1 is 1.31 bits per heavy atom. The van der Waals surface area contributed by atoms with Gasteiger partial charge in [-0.1, -0.05) is 46.2 Å². The minimum absolute atomic E-state index is 0.0619. The fraction of sp³-hybridized carbons (Fsp3) is 0.636. The van der Waals surface area contributed by atoms with Crippen LogP contribution in [0.3, 0.4) is 0 Å². The maximum atomic E-state index is 12.8. The Balaban J connectivity index is 1.81. The standard InChI is InChI=1S/C22H33N2O2/c1-6-21-23(5)18-9-7-8-10-19(18)24(21)14-22(25)26-20-13-16(4)11-12-17(20)15(2)3/h7-10,15-17,20H,6,11-14H2,1-5H3/q+1/t16-,17-,20-/m1/s1. The van der Waals surface area contributed by atoms with Gasteiger partial charge < -0.3 is 4.74 Å². The number of carbonyl (C=O) groups excluding carboxylic acids is 1. The van der Waals surface area contributed by atoms with Crippen LogP contribution in [0.4, 0.5) is 0 Å². The Labute approximate surface area is 157 Å². The van der Waals surface area contributed by atoms with Crippen molar-refractivity contribution < 1.29 is 14.1 Å². The molecule has 0 unspecified atom stereocenters. The molecule has 0 aliphatic heterocycles. The number of rotatable bonds is 5. The molecule has 26 heavy (non-hydrogen) atoms. The van der Waals surface area contributed by atoms with Gasteiger partial charge in [0.15, 0.2) is 17.6 Å². The van der Waals surface area contributed by atoms with Crippen molar-refractivity contribution in [3.8, 4) is 0 Å². The second-order valence-electron chi connectivity index (χ2n) is 8.26. The zero-order chi connectivity index (χ0) is 18.8. The van der Waals surface area contributed by atoms with Gasteiger partial charge in [-0.2, -0.15) is 0 Å². The second-order valence-corrected chi connectivity index (χ2v) is 8.26. The molecule has 142 valence electrons. The fourth-order valence-corrected chi connectivity index (χ4v) is 4.63. The summed E-state index contributed by atoms with van der Waals surface area (Å²) >= 11 is 0. The summed E-state index contributed by atoms with van der Waals surface area (Å²) in [6.07, 6.45) is 4.35. The Kier molecular flexibility index (Phi) is 5.69. The van der Waals surface area contributed by atoms with E-state index in [9.17, 15) is 4.79 Å². The summed E-state index contributed by atoms with van der Waals surface area (Å²) < 4.78 is 10.3. The molecule has 1 saturated carbocycles. The normalized spacial score (nSPS) is 23.5. The summed E-state index contributed by atoms with van der Waals surface area (Å²) in [5, 5.41) is 0. The summed E-state index contributed by atoms with van der Waals surface area (Å²) in [4.78, 5) is 12.8. The van der Waals surface area contributed by atoms with E-state index in [1.165, 1.54) is 12.8 Å². The van der Waals surface area contributed by atoms with Gasteiger partial charge in [0.05, 0.1) is 7.05 Å². The number of benzene rings is 1. The molecular weight excluding hydrogens is 324 g/mol. The smallest absolute Gasteiger partial charge is 0.348 e. The Hall–Kier alpha value is -1.84. The number of fused-ring (bicyclic) bond motifs is 1.